The minimum atomic E-state index is -0.275. The zero-order valence-electron chi connectivity index (χ0n) is 14.7. The molecule has 0 bridgehead atoms. The van der Waals surface area contributed by atoms with Gasteiger partial charge < -0.3 is 10.1 Å². The van der Waals surface area contributed by atoms with Gasteiger partial charge in [0, 0.05) is 16.6 Å². The van der Waals surface area contributed by atoms with Crippen LogP contribution in [0.3, 0.4) is 0 Å². The molecule has 0 radical (unpaired) electrons. The number of aryl methyl sites for hydroxylation is 2. The van der Waals surface area contributed by atoms with Gasteiger partial charge in [0.1, 0.15) is 10.6 Å². The third kappa shape index (κ3) is 3.25. The first-order chi connectivity index (χ1) is 12.8. The standard InChI is InChI=1S/C22H21NO2S/c1-2-25-22(24)20-19(17-12-11-15-7-6-8-16(15)13-17)14-26-21(20)23-18-9-4-3-5-10-18/h3-5,9-14,23H,2,6-8H2,1H3. The van der Waals surface area contributed by atoms with E-state index < -0.39 is 0 Å². The maximum Gasteiger partial charge on any atom is 0.341 e. The summed E-state index contributed by atoms with van der Waals surface area (Å²) in [6.45, 7) is 2.20. The molecule has 0 saturated carbocycles. The summed E-state index contributed by atoms with van der Waals surface area (Å²) in [5.74, 6) is -0.275. The molecule has 0 atom stereocenters. The summed E-state index contributed by atoms with van der Waals surface area (Å²) in [7, 11) is 0. The Hall–Kier alpha value is -2.59. The molecule has 0 unspecified atom stereocenters. The smallest absolute Gasteiger partial charge is 0.341 e. The highest BCUT2D eigenvalue weighted by atomic mass is 32.1. The summed E-state index contributed by atoms with van der Waals surface area (Å²) in [6, 6.07) is 16.5. The average molecular weight is 363 g/mol. The highest BCUT2D eigenvalue weighted by Crippen LogP contribution is 2.39. The molecular weight excluding hydrogens is 342 g/mol. The maximum atomic E-state index is 12.7. The summed E-state index contributed by atoms with van der Waals surface area (Å²) in [4.78, 5) is 12.7. The summed E-state index contributed by atoms with van der Waals surface area (Å²) in [6.07, 6.45) is 3.50. The Balaban J connectivity index is 1.75. The van der Waals surface area contributed by atoms with Crippen LogP contribution >= 0.6 is 11.3 Å². The molecule has 1 aliphatic rings. The Labute approximate surface area is 157 Å². The van der Waals surface area contributed by atoms with Crippen LogP contribution in [0.1, 0.15) is 34.8 Å². The van der Waals surface area contributed by atoms with Gasteiger partial charge in [0.2, 0.25) is 0 Å². The topological polar surface area (TPSA) is 38.3 Å². The van der Waals surface area contributed by atoms with E-state index in [1.54, 1.807) is 11.3 Å². The molecule has 26 heavy (non-hydrogen) atoms. The maximum absolute atomic E-state index is 12.7. The van der Waals surface area contributed by atoms with Gasteiger partial charge >= 0.3 is 5.97 Å². The first kappa shape index (κ1) is 16.9. The molecule has 1 aliphatic carbocycles. The Kier molecular flexibility index (Phi) is 4.76. The number of fused-ring (bicyclic) bond motifs is 1. The molecule has 1 aromatic heterocycles. The number of esters is 1. The third-order valence-corrected chi connectivity index (χ3v) is 5.61. The number of para-hydroxylation sites is 1. The van der Waals surface area contributed by atoms with Gasteiger partial charge in [0.05, 0.1) is 6.61 Å². The van der Waals surface area contributed by atoms with Gasteiger partial charge in [-0.05, 0) is 55.0 Å². The van der Waals surface area contributed by atoms with Crippen LogP contribution in [0.25, 0.3) is 11.1 Å². The highest BCUT2D eigenvalue weighted by molar-refractivity contribution is 7.15. The molecule has 0 spiro atoms. The van der Waals surface area contributed by atoms with Gasteiger partial charge in [-0.1, -0.05) is 36.4 Å². The van der Waals surface area contributed by atoms with Crippen LogP contribution in [0.5, 0.6) is 0 Å². The first-order valence-electron chi connectivity index (χ1n) is 8.99. The first-order valence-corrected chi connectivity index (χ1v) is 9.87. The van der Waals surface area contributed by atoms with Gasteiger partial charge in [-0.3, -0.25) is 0 Å². The molecule has 4 rings (SSSR count). The number of nitrogens with one attached hydrogen (secondary N) is 1. The fraction of sp³-hybridized carbons (Fsp3) is 0.227. The second kappa shape index (κ2) is 7.34. The monoisotopic (exact) mass is 363 g/mol. The van der Waals surface area contributed by atoms with Crippen LogP contribution in [0.4, 0.5) is 10.7 Å². The van der Waals surface area contributed by atoms with E-state index in [9.17, 15) is 4.79 Å². The summed E-state index contributed by atoms with van der Waals surface area (Å²) < 4.78 is 5.35. The van der Waals surface area contributed by atoms with E-state index in [4.69, 9.17) is 4.74 Å². The Morgan fingerprint density at radius 2 is 1.92 bits per heavy atom. The number of hydrogen-bond acceptors (Lipinski definition) is 4. The number of thiophene rings is 1. The number of anilines is 2. The predicted molar refractivity (Wildman–Crippen MR) is 107 cm³/mol. The van der Waals surface area contributed by atoms with Crippen molar-refractivity contribution in [3.05, 3.63) is 70.6 Å². The Bertz CT molecular complexity index is 931. The van der Waals surface area contributed by atoms with E-state index in [0.717, 1.165) is 34.7 Å². The fourth-order valence-corrected chi connectivity index (χ4v) is 4.44. The van der Waals surface area contributed by atoms with Crippen molar-refractivity contribution in [3.63, 3.8) is 0 Å². The zero-order chi connectivity index (χ0) is 17.9. The Morgan fingerprint density at radius 3 is 2.73 bits per heavy atom. The number of carbonyl (C=O) groups excluding carboxylic acids is 1. The van der Waals surface area contributed by atoms with Crippen LogP contribution in [0.2, 0.25) is 0 Å². The normalized spacial score (nSPS) is 12.7. The van der Waals surface area contributed by atoms with Gasteiger partial charge in [-0.25, -0.2) is 4.79 Å². The van der Waals surface area contributed by atoms with E-state index in [1.165, 1.54) is 17.5 Å². The Morgan fingerprint density at radius 1 is 1.12 bits per heavy atom. The number of ether oxygens (including phenoxy) is 1. The molecule has 3 nitrogen and oxygen atoms in total. The van der Waals surface area contributed by atoms with Crippen molar-refractivity contribution in [2.24, 2.45) is 0 Å². The van der Waals surface area contributed by atoms with E-state index in [-0.39, 0.29) is 5.97 Å². The lowest BCUT2D eigenvalue weighted by Crippen LogP contribution is -2.07. The van der Waals surface area contributed by atoms with Crippen LogP contribution in [-0.2, 0) is 17.6 Å². The van der Waals surface area contributed by atoms with E-state index in [2.05, 4.69) is 23.5 Å². The molecule has 132 valence electrons. The lowest BCUT2D eigenvalue weighted by Gasteiger charge is -2.10. The van der Waals surface area contributed by atoms with Crippen molar-refractivity contribution in [1.82, 2.24) is 0 Å². The molecule has 3 aromatic rings. The molecule has 0 amide bonds. The van der Waals surface area contributed by atoms with Crippen molar-refractivity contribution in [2.75, 3.05) is 11.9 Å². The van der Waals surface area contributed by atoms with Crippen molar-refractivity contribution >= 4 is 28.0 Å². The van der Waals surface area contributed by atoms with Crippen LogP contribution in [0, 0.1) is 0 Å². The fourth-order valence-electron chi connectivity index (χ4n) is 3.46. The molecular formula is C22H21NO2S. The minimum Gasteiger partial charge on any atom is -0.462 e. The molecule has 0 aliphatic heterocycles. The van der Waals surface area contributed by atoms with Crippen molar-refractivity contribution in [1.29, 1.82) is 0 Å². The largest absolute Gasteiger partial charge is 0.462 e. The lowest BCUT2D eigenvalue weighted by molar-refractivity contribution is 0.0529. The summed E-state index contributed by atoms with van der Waals surface area (Å²) >= 11 is 1.54. The number of rotatable bonds is 5. The van der Waals surface area contributed by atoms with Crippen molar-refractivity contribution in [2.45, 2.75) is 26.2 Å². The second-order valence-electron chi connectivity index (χ2n) is 6.40. The highest BCUT2D eigenvalue weighted by Gasteiger charge is 2.22. The van der Waals surface area contributed by atoms with Gasteiger partial charge in [-0.2, -0.15) is 0 Å². The molecule has 0 fully saturated rings. The quantitative estimate of drug-likeness (QED) is 0.580. The lowest BCUT2D eigenvalue weighted by atomic mass is 9.99. The molecule has 0 saturated heterocycles. The number of benzene rings is 2. The minimum absolute atomic E-state index is 0.275. The molecule has 2 aromatic carbocycles. The summed E-state index contributed by atoms with van der Waals surface area (Å²) in [5, 5.41) is 6.25. The van der Waals surface area contributed by atoms with Crippen LogP contribution < -0.4 is 5.32 Å². The predicted octanol–water partition coefficient (Wildman–Crippen LogP) is 5.82. The third-order valence-electron chi connectivity index (χ3n) is 4.71. The molecule has 4 heteroatoms. The van der Waals surface area contributed by atoms with Crippen LogP contribution in [-0.4, -0.2) is 12.6 Å². The molecule has 1 N–H and O–H groups in total. The van der Waals surface area contributed by atoms with Crippen LogP contribution in [0.15, 0.2) is 53.9 Å². The van der Waals surface area contributed by atoms with Gasteiger partial charge in [0.15, 0.2) is 0 Å². The number of hydrogen-bond donors (Lipinski definition) is 1. The van der Waals surface area contributed by atoms with E-state index in [0.29, 0.717) is 12.2 Å². The SMILES string of the molecule is CCOC(=O)c1c(-c2ccc3c(c2)CCC3)csc1Nc1ccccc1. The average Bonchev–Trinajstić information content (AvgIpc) is 3.29. The number of carbonyl (C=O) groups is 1. The molecule has 1 heterocycles. The summed E-state index contributed by atoms with van der Waals surface area (Å²) in [5.41, 5.74) is 6.46. The van der Waals surface area contributed by atoms with Gasteiger partial charge in [0.25, 0.3) is 0 Å². The van der Waals surface area contributed by atoms with Gasteiger partial charge in [-0.15, -0.1) is 11.3 Å². The van der Waals surface area contributed by atoms with Crippen molar-refractivity contribution in [3.8, 4) is 11.1 Å². The van der Waals surface area contributed by atoms with Crippen molar-refractivity contribution < 1.29 is 9.53 Å². The zero-order valence-corrected chi connectivity index (χ0v) is 15.6. The second-order valence-corrected chi connectivity index (χ2v) is 7.28. The van der Waals surface area contributed by atoms with E-state index >= 15 is 0 Å². The van der Waals surface area contributed by atoms with E-state index in [1.807, 2.05) is 42.6 Å².